The highest BCUT2D eigenvalue weighted by atomic mass is 16.7. The molecule has 0 saturated carbocycles. The number of rotatable bonds is 5. The SMILES string of the molecule is CCOC(=O)C12C(=O)N3[C@@H](c4ccccc4)OC[C@@H]3C1ON(c1ccccc1)C2c1ccccc1. The van der Waals surface area contributed by atoms with E-state index in [0.29, 0.717) is 0 Å². The Hall–Kier alpha value is -3.68. The molecular weight excluding hydrogens is 444 g/mol. The summed E-state index contributed by atoms with van der Waals surface area (Å²) < 4.78 is 11.7. The van der Waals surface area contributed by atoms with Gasteiger partial charge in [-0.15, -0.1) is 0 Å². The van der Waals surface area contributed by atoms with Gasteiger partial charge in [-0.2, -0.15) is 0 Å². The van der Waals surface area contributed by atoms with Crippen molar-refractivity contribution in [2.75, 3.05) is 18.3 Å². The maximum absolute atomic E-state index is 14.5. The van der Waals surface area contributed by atoms with E-state index in [0.717, 1.165) is 16.8 Å². The number of benzene rings is 3. The maximum atomic E-state index is 14.5. The number of hydrogen-bond acceptors (Lipinski definition) is 6. The van der Waals surface area contributed by atoms with Crippen molar-refractivity contribution in [3.63, 3.8) is 0 Å². The Labute approximate surface area is 203 Å². The first-order chi connectivity index (χ1) is 17.2. The van der Waals surface area contributed by atoms with E-state index in [2.05, 4.69) is 0 Å². The fraction of sp³-hybridized carbons (Fsp3) is 0.286. The molecule has 35 heavy (non-hydrogen) atoms. The van der Waals surface area contributed by atoms with Crippen LogP contribution in [0, 0.1) is 5.41 Å². The van der Waals surface area contributed by atoms with E-state index in [1.54, 1.807) is 16.9 Å². The molecule has 0 radical (unpaired) electrons. The smallest absolute Gasteiger partial charge is 0.327 e. The highest BCUT2D eigenvalue weighted by Gasteiger charge is 2.77. The lowest BCUT2D eigenvalue weighted by atomic mass is 9.73. The fourth-order valence-corrected chi connectivity index (χ4v) is 5.71. The minimum atomic E-state index is -1.57. The van der Waals surface area contributed by atoms with Crippen LogP contribution >= 0.6 is 0 Å². The first-order valence-corrected chi connectivity index (χ1v) is 11.9. The number of ether oxygens (including phenoxy) is 2. The summed E-state index contributed by atoms with van der Waals surface area (Å²) >= 11 is 0. The Bertz CT molecular complexity index is 1220. The number of para-hydroxylation sites is 1. The molecule has 3 unspecified atom stereocenters. The largest absolute Gasteiger partial charge is 0.465 e. The molecule has 7 nitrogen and oxygen atoms in total. The van der Waals surface area contributed by atoms with Gasteiger partial charge in [-0.05, 0) is 24.6 Å². The van der Waals surface area contributed by atoms with Crippen molar-refractivity contribution in [1.82, 2.24) is 4.90 Å². The summed E-state index contributed by atoms with van der Waals surface area (Å²) in [7, 11) is 0. The molecule has 0 bridgehead atoms. The van der Waals surface area contributed by atoms with Gasteiger partial charge in [0.05, 0.1) is 24.9 Å². The van der Waals surface area contributed by atoms with Crippen LogP contribution in [-0.2, 0) is 23.9 Å². The lowest BCUT2D eigenvalue weighted by molar-refractivity contribution is -0.165. The monoisotopic (exact) mass is 470 g/mol. The third-order valence-corrected chi connectivity index (χ3v) is 7.14. The van der Waals surface area contributed by atoms with Gasteiger partial charge in [0.1, 0.15) is 12.1 Å². The summed E-state index contributed by atoms with van der Waals surface area (Å²) in [6.07, 6.45) is -1.36. The van der Waals surface area contributed by atoms with Crippen molar-refractivity contribution in [2.24, 2.45) is 5.41 Å². The predicted molar refractivity (Wildman–Crippen MR) is 128 cm³/mol. The Morgan fingerprint density at radius 2 is 1.54 bits per heavy atom. The second kappa shape index (κ2) is 8.52. The third-order valence-electron chi connectivity index (χ3n) is 7.14. The summed E-state index contributed by atoms with van der Waals surface area (Å²) in [4.78, 5) is 36.6. The average molecular weight is 471 g/mol. The molecule has 5 atom stereocenters. The molecule has 3 aromatic carbocycles. The Morgan fingerprint density at radius 3 is 2.17 bits per heavy atom. The van der Waals surface area contributed by atoms with Crippen LogP contribution in [0.5, 0.6) is 0 Å². The summed E-state index contributed by atoms with van der Waals surface area (Å²) in [6.45, 7) is 2.18. The van der Waals surface area contributed by atoms with Crippen LogP contribution in [0.3, 0.4) is 0 Å². The molecule has 3 aliphatic rings. The molecule has 178 valence electrons. The number of esters is 1. The quantitative estimate of drug-likeness (QED) is 0.414. The van der Waals surface area contributed by atoms with Gasteiger partial charge in [0.15, 0.2) is 6.23 Å². The Balaban J connectivity index is 1.53. The zero-order chi connectivity index (χ0) is 24.0. The molecule has 3 heterocycles. The minimum absolute atomic E-state index is 0.163. The molecule has 3 aliphatic heterocycles. The molecular formula is C28H26N2O5. The molecule has 0 N–H and O–H groups in total. The van der Waals surface area contributed by atoms with Crippen LogP contribution in [0.15, 0.2) is 91.0 Å². The molecule has 0 spiro atoms. The first-order valence-electron chi connectivity index (χ1n) is 11.9. The molecule has 7 heteroatoms. The van der Waals surface area contributed by atoms with Crippen LogP contribution in [0.1, 0.15) is 30.3 Å². The van der Waals surface area contributed by atoms with E-state index in [-0.39, 0.29) is 19.1 Å². The van der Waals surface area contributed by atoms with Gasteiger partial charge in [0, 0.05) is 5.56 Å². The molecule has 1 amide bonds. The van der Waals surface area contributed by atoms with Gasteiger partial charge in [0.2, 0.25) is 11.3 Å². The molecule has 6 rings (SSSR count). The lowest BCUT2D eigenvalue weighted by Gasteiger charge is -2.34. The fourth-order valence-electron chi connectivity index (χ4n) is 5.71. The zero-order valence-electron chi connectivity index (χ0n) is 19.3. The Kier molecular flexibility index (Phi) is 5.31. The second-order valence-corrected chi connectivity index (χ2v) is 8.97. The number of carbonyl (C=O) groups is 2. The van der Waals surface area contributed by atoms with Gasteiger partial charge in [-0.1, -0.05) is 78.9 Å². The van der Waals surface area contributed by atoms with Gasteiger partial charge in [-0.3, -0.25) is 14.4 Å². The number of carbonyl (C=O) groups excluding carboxylic acids is 2. The average Bonchev–Trinajstić information content (AvgIpc) is 3.56. The number of amides is 1. The van der Waals surface area contributed by atoms with Crippen LogP contribution in [0.2, 0.25) is 0 Å². The standard InChI is InChI=1S/C28H26N2O5/c1-2-33-27(32)28-23(19-12-6-3-7-13-19)30(21-16-10-5-11-17-21)35-24(28)22-18-34-25(29(22)26(28)31)20-14-8-4-9-15-20/h3-17,22-25H,2,18H2,1H3/t22-,23?,24?,25-,28?/m1/s1. The van der Waals surface area contributed by atoms with Crippen molar-refractivity contribution >= 4 is 17.6 Å². The summed E-state index contributed by atoms with van der Waals surface area (Å²) in [6, 6.07) is 27.6. The van der Waals surface area contributed by atoms with Crippen molar-refractivity contribution in [3.8, 4) is 0 Å². The normalized spacial score (nSPS) is 29.2. The molecule has 0 aromatic heterocycles. The van der Waals surface area contributed by atoms with Crippen molar-refractivity contribution in [3.05, 3.63) is 102 Å². The maximum Gasteiger partial charge on any atom is 0.327 e. The van der Waals surface area contributed by atoms with Gasteiger partial charge >= 0.3 is 5.97 Å². The topological polar surface area (TPSA) is 68.3 Å². The number of fused-ring (bicyclic) bond motifs is 3. The van der Waals surface area contributed by atoms with Gasteiger partial charge in [-0.25, -0.2) is 5.06 Å². The van der Waals surface area contributed by atoms with E-state index in [1.807, 2.05) is 91.0 Å². The summed E-state index contributed by atoms with van der Waals surface area (Å²) in [5.74, 6) is -0.895. The van der Waals surface area contributed by atoms with Crippen LogP contribution in [-0.4, -0.2) is 42.1 Å². The third kappa shape index (κ3) is 3.12. The van der Waals surface area contributed by atoms with E-state index in [9.17, 15) is 9.59 Å². The van der Waals surface area contributed by atoms with Crippen molar-refractivity contribution in [1.29, 1.82) is 0 Å². The molecule has 3 fully saturated rings. The predicted octanol–water partition coefficient (Wildman–Crippen LogP) is 4.04. The van der Waals surface area contributed by atoms with Crippen molar-refractivity contribution in [2.45, 2.75) is 31.3 Å². The summed E-state index contributed by atoms with van der Waals surface area (Å²) in [5, 5.41) is 1.71. The van der Waals surface area contributed by atoms with Crippen LogP contribution in [0.4, 0.5) is 5.69 Å². The molecule has 3 saturated heterocycles. The summed E-state index contributed by atoms with van der Waals surface area (Å²) in [5.41, 5.74) is 0.851. The van der Waals surface area contributed by atoms with E-state index in [4.69, 9.17) is 14.3 Å². The Morgan fingerprint density at radius 1 is 0.943 bits per heavy atom. The zero-order valence-corrected chi connectivity index (χ0v) is 19.3. The second-order valence-electron chi connectivity index (χ2n) is 8.97. The number of hydroxylamine groups is 1. The van der Waals surface area contributed by atoms with E-state index in [1.165, 1.54) is 0 Å². The van der Waals surface area contributed by atoms with Crippen LogP contribution in [0.25, 0.3) is 0 Å². The molecule has 0 aliphatic carbocycles. The highest BCUT2D eigenvalue weighted by Crippen LogP contribution is 2.60. The lowest BCUT2D eigenvalue weighted by Crippen LogP contribution is -2.50. The van der Waals surface area contributed by atoms with E-state index >= 15 is 0 Å². The van der Waals surface area contributed by atoms with Crippen molar-refractivity contribution < 1.29 is 23.9 Å². The van der Waals surface area contributed by atoms with Gasteiger partial charge in [0.25, 0.3) is 0 Å². The minimum Gasteiger partial charge on any atom is -0.465 e. The first kappa shape index (κ1) is 21.8. The number of hydrogen-bond donors (Lipinski definition) is 0. The van der Waals surface area contributed by atoms with Crippen LogP contribution < -0.4 is 5.06 Å². The highest BCUT2D eigenvalue weighted by molar-refractivity contribution is 6.08. The number of anilines is 1. The molecule has 3 aromatic rings. The number of nitrogens with zero attached hydrogens (tertiary/aromatic N) is 2. The van der Waals surface area contributed by atoms with E-state index < -0.39 is 35.8 Å². The van der Waals surface area contributed by atoms with Gasteiger partial charge < -0.3 is 14.4 Å².